The number of aromatic hydroxyl groups is 1. The molecule has 4 heterocycles. The molecule has 0 bridgehead atoms. The number of methoxy groups -OCH3 is 1. The standard InChI is InChI=1S/C29H24N6O6/c1-41-23-14-8-13-21(25(23)36)24-20-15-16-30-26(37)32(18-9-4-2-5-10-18)28(39)34(30)22(20)17-31-27(38)33(29(40)35(24)31)19-11-6-3-7-12-19/h2-15,22,24,36H,16-17H2,1H3/t22-,24-/m1/s1. The molecule has 2 atom stereocenters. The summed E-state index contributed by atoms with van der Waals surface area (Å²) in [5.74, 6) is -0.00754. The molecule has 0 unspecified atom stereocenters. The van der Waals surface area contributed by atoms with Crippen molar-refractivity contribution in [2.75, 3.05) is 7.11 Å². The van der Waals surface area contributed by atoms with Crippen molar-refractivity contribution in [3.05, 3.63) is 138 Å². The molecule has 0 radical (unpaired) electrons. The van der Waals surface area contributed by atoms with Gasteiger partial charge in [-0.2, -0.15) is 0 Å². The number of rotatable bonds is 4. The van der Waals surface area contributed by atoms with Crippen LogP contribution in [0.15, 0.2) is 110 Å². The smallest absolute Gasteiger partial charge is 0.352 e. The lowest BCUT2D eigenvalue weighted by atomic mass is 9.89. The number of allylic oxidation sites excluding steroid dienone is 2. The molecule has 0 amide bonds. The van der Waals surface area contributed by atoms with Gasteiger partial charge in [-0.15, -0.1) is 0 Å². The van der Waals surface area contributed by atoms with E-state index in [2.05, 4.69) is 0 Å². The Balaban J connectivity index is 1.52. The summed E-state index contributed by atoms with van der Waals surface area (Å²) in [7, 11) is 1.42. The largest absolute Gasteiger partial charge is 0.504 e. The Morgan fingerprint density at radius 3 is 1.90 bits per heavy atom. The summed E-state index contributed by atoms with van der Waals surface area (Å²) < 4.78 is 12.7. The van der Waals surface area contributed by atoms with Crippen LogP contribution >= 0.6 is 0 Å². The Morgan fingerprint density at radius 1 is 0.707 bits per heavy atom. The molecule has 0 saturated carbocycles. The molecule has 0 fully saturated rings. The highest BCUT2D eigenvalue weighted by Gasteiger charge is 2.42. The topological polar surface area (TPSA) is 127 Å². The minimum atomic E-state index is -0.968. The number of fused-ring (bicyclic) bond motifs is 4. The first-order valence-electron chi connectivity index (χ1n) is 13.0. The summed E-state index contributed by atoms with van der Waals surface area (Å²) in [6, 6.07) is 20.3. The summed E-state index contributed by atoms with van der Waals surface area (Å²) in [5.41, 5.74) is -0.605. The van der Waals surface area contributed by atoms with Gasteiger partial charge in [0.2, 0.25) is 0 Å². The van der Waals surface area contributed by atoms with Gasteiger partial charge < -0.3 is 9.84 Å². The third kappa shape index (κ3) is 3.40. The molecular formula is C29H24N6O6. The van der Waals surface area contributed by atoms with E-state index in [-0.39, 0.29) is 24.6 Å². The van der Waals surface area contributed by atoms with Crippen LogP contribution in [-0.4, -0.2) is 40.1 Å². The zero-order chi connectivity index (χ0) is 28.4. The van der Waals surface area contributed by atoms with Gasteiger partial charge >= 0.3 is 22.8 Å². The third-order valence-corrected chi connectivity index (χ3v) is 7.78. The number of phenols is 1. The second-order valence-corrected chi connectivity index (χ2v) is 9.85. The monoisotopic (exact) mass is 552 g/mol. The average Bonchev–Trinajstić information content (AvgIpc) is 3.41. The highest BCUT2D eigenvalue weighted by atomic mass is 16.5. The highest BCUT2D eigenvalue weighted by molar-refractivity contribution is 5.50. The second-order valence-electron chi connectivity index (χ2n) is 9.85. The van der Waals surface area contributed by atoms with E-state index in [1.165, 1.54) is 25.8 Å². The zero-order valence-electron chi connectivity index (χ0n) is 21.8. The Hall–Kier alpha value is -5.52. The maximum Gasteiger partial charge on any atom is 0.352 e. The number of para-hydroxylation sites is 3. The zero-order valence-corrected chi connectivity index (χ0v) is 21.8. The first-order chi connectivity index (χ1) is 19.9. The third-order valence-electron chi connectivity index (χ3n) is 7.78. The van der Waals surface area contributed by atoms with Crippen molar-refractivity contribution >= 4 is 0 Å². The van der Waals surface area contributed by atoms with Crippen LogP contribution in [0.1, 0.15) is 17.6 Å². The molecule has 0 aliphatic carbocycles. The first kappa shape index (κ1) is 24.5. The maximum atomic E-state index is 14.0. The SMILES string of the molecule is COc1cccc([C@H]2C3=CCn4c(=O)n(-c5ccccc5)c(=O)n4[C@@H]3Cn3c(=O)n(-c4ccccc4)c(=O)n32)c1O. The van der Waals surface area contributed by atoms with Crippen LogP contribution in [0.25, 0.3) is 11.4 Å². The molecule has 1 N–H and O–H groups in total. The molecule has 12 heteroatoms. The second kappa shape index (κ2) is 9.01. The van der Waals surface area contributed by atoms with Crippen LogP contribution < -0.4 is 27.5 Å². The fraction of sp³-hybridized carbons (Fsp3) is 0.172. The van der Waals surface area contributed by atoms with Crippen molar-refractivity contribution in [1.82, 2.24) is 27.9 Å². The van der Waals surface area contributed by atoms with Crippen molar-refractivity contribution < 1.29 is 9.84 Å². The first-order valence-corrected chi connectivity index (χ1v) is 13.0. The lowest BCUT2D eigenvalue weighted by Gasteiger charge is -2.37. The molecule has 206 valence electrons. The van der Waals surface area contributed by atoms with E-state index in [1.54, 1.807) is 84.9 Å². The van der Waals surface area contributed by atoms with Gasteiger partial charge in [-0.1, -0.05) is 54.6 Å². The predicted molar refractivity (Wildman–Crippen MR) is 148 cm³/mol. The molecule has 2 aromatic heterocycles. The number of aromatic nitrogens is 6. The molecule has 0 spiro atoms. The van der Waals surface area contributed by atoms with E-state index in [0.717, 1.165) is 9.13 Å². The predicted octanol–water partition coefficient (Wildman–Crippen LogP) is 1.41. The number of nitrogens with zero attached hydrogens (tertiary/aromatic N) is 6. The van der Waals surface area contributed by atoms with Crippen LogP contribution in [0.5, 0.6) is 11.5 Å². The van der Waals surface area contributed by atoms with Crippen molar-refractivity contribution in [2.24, 2.45) is 0 Å². The lowest BCUT2D eigenvalue weighted by molar-refractivity contribution is 0.243. The Bertz CT molecular complexity index is 2090. The lowest BCUT2D eigenvalue weighted by Crippen LogP contribution is -2.47. The number of hydrogen-bond acceptors (Lipinski definition) is 6. The van der Waals surface area contributed by atoms with E-state index in [1.807, 2.05) is 0 Å². The Kier molecular flexibility index (Phi) is 5.39. The Morgan fingerprint density at radius 2 is 1.29 bits per heavy atom. The number of phenolic OH excluding ortho intramolecular Hbond substituents is 1. The number of benzene rings is 3. The van der Waals surface area contributed by atoms with Gasteiger partial charge in [0.05, 0.1) is 37.6 Å². The summed E-state index contributed by atoms with van der Waals surface area (Å²) in [6.45, 7) is -0.0293. The summed E-state index contributed by atoms with van der Waals surface area (Å²) in [4.78, 5) is 55.1. The van der Waals surface area contributed by atoms with Crippen molar-refractivity contribution in [3.8, 4) is 22.9 Å². The van der Waals surface area contributed by atoms with Crippen LogP contribution in [-0.2, 0) is 13.1 Å². The number of hydrogen-bond donors (Lipinski definition) is 1. The van der Waals surface area contributed by atoms with E-state index in [9.17, 15) is 24.3 Å². The van der Waals surface area contributed by atoms with Gasteiger partial charge in [0.1, 0.15) is 6.04 Å². The quantitative estimate of drug-likeness (QED) is 0.336. The van der Waals surface area contributed by atoms with Crippen molar-refractivity contribution in [3.63, 3.8) is 0 Å². The van der Waals surface area contributed by atoms with Crippen LogP contribution in [0.2, 0.25) is 0 Å². The van der Waals surface area contributed by atoms with Gasteiger partial charge in [-0.3, -0.25) is 0 Å². The summed E-state index contributed by atoms with van der Waals surface area (Å²) in [6.07, 6.45) is 1.78. The van der Waals surface area contributed by atoms with Gasteiger partial charge in [0, 0.05) is 5.56 Å². The van der Waals surface area contributed by atoms with E-state index < -0.39 is 34.8 Å². The summed E-state index contributed by atoms with van der Waals surface area (Å²) in [5, 5.41) is 11.2. The highest BCUT2D eigenvalue weighted by Crippen LogP contribution is 2.43. The molecule has 2 aliphatic rings. The van der Waals surface area contributed by atoms with Crippen molar-refractivity contribution in [1.29, 1.82) is 0 Å². The Labute approximate surface area is 231 Å². The molecule has 2 aliphatic heterocycles. The molecule has 5 aromatic rings. The molecule has 41 heavy (non-hydrogen) atoms. The van der Waals surface area contributed by atoms with Gasteiger partial charge in [-0.25, -0.2) is 47.0 Å². The van der Waals surface area contributed by atoms with Crippen molar-refractivity contribution in [2.45, 2.75) is 25.2 Å². The molecule has 0 saturated heterocycles. The van der Waals surface area contributed by atoms with E-state index >= 15 is 0 Å². The fourth-order valence-corrected chi connectivity index (χ4v) is 5.96. The van der Waals surface area contributed by atoms with Crippen LogP contribution in [0.4, 0.5) is 0 Å². The van der Waals surface area contributed by atoms with E-state index in [0.29, 0.717) is 22.5 Å². The fourth-order valence-electron chi connectivity index (χ4n) is 5.96. The molecular weight excluding hydrogens is 528 g/mol. The summed E-state index contributed by atoms with van der Waals surface area (Å²) >= 11 is 0. The molecule has 7 rings (SSSR count). The van der Waals surface area contributed by atoms with Crippen LogP contribution in [0, 0.1) is 0 Å². The maximum absolute atomic E-state index is 14.0. The van der Waals surface area contributed by atoms with Gasteiger partial charge in [-0.05, 0) is 35.9 Å². The van der Waals surface area contributed by atoms with Gasteiger partial charge in [0.25, 0.3) is 0 Å². The molecule has 3 aromatic carbocycles. The van der Waals surface area contributed by atoms with Crippen LogP contribution in [0.3, 0.4) is 0 Å². The normalized spacial score (nSPS) is 17.3. The van der Waals surface area contributed by atoms with E-state index in [4.69, 9.17) is 4.74 Å². The minimum Gasteiger partial charge on any atom is -0.504 e. The molecule has 12 nitrogen and oxygen atoms in total. The van der Waals surface area contributed by atoms with Gasteiger partial charge in [0.15, 0.2) is 11.5 Å². The average molecular weight is 553 g/mol. The number of ether oxygens (including phenoxy) is 1. The minimum absolute atomic E-state index is 0.0549.